The first-order chi connectivity index (χ1) is 25.8. The summed E-state index contributed by atoms with van der Waals surface area (Å²) in [6.07, 6.45) is 1.58. The summed E-state index contributed by atoms with van der Waals surface area (Å²) in [6, 6.07) is 10.9. The molecule has 16 heteroatoms. The molecule has 282 valence electrons. The smallest absolute Gasteiger partial charge is 0.255 e. The number of thiophene rings is 1. The summed E-state index contributed by atoms with van der Waals surface area (Å²) in [5.41, 5.74) is 5.09. The summed E-state index contributed by atoms with van der Waals surface area (Å²) >= 11 is 7.67. The number of hydrogen-bond donors (Lipinski definition) is 6. The zero-order valence-corrected chi connectivity index (χ0v) is 31.8. The molecule has 0 bridgehead atoms. The third-order valence-electron chi connectivity index (χ3n) is 9.75. The highest BCUT2D eigenvalue weighted by molar-refractivity contribution is 7.17. The first-order valence-corrected chi connectivity index (χ1v) is 18.9. The quantitative estimate of drug-likeness (QED) is 0.0683. The molecule has 1 aromatic heterocycles. The van der Waals surface area contributed by atoms with Gasteiger partial charge in [-0.3, -0.25) is 50.0 Å². The standard InChI is InChI=1S/C38H42ClN9O5S/c1-20-21(2)54-38-33(20)34(23-9-11-24(39)12-10-23)45-28(35(41)48(38)22(3)40)17-31(50)42-15-4-5-16-43-32(51)18-44-27-8-6-7-25-26(27)19-47(37(25)53)29-13-14-30(49)46-36(29)52/h6-12,28-29,40-41,44H,4-5,13-19H2,1-3H3,(H,42,50)(H,43,51)(H,46,49,52). The molecule has 2 atom stereocenters. The van der Waals surface area contributed by atoms with E-state index in [0.717, 1.165) is 26.6 Å². The molecule has 0 radical (unpaired) electrons. The second-order valence-corrected chi connectivity index (χ2v) is 15.1. The lowest BCUT2D eigenvalue weighted by Gasteiger charge is -2.29. The molecule has 6 N–H and O–H groups in total. The van der Waals surface area contributed by atoms with Crippen LogP contribution < -0.4 is 26.2 Å². The molecule has 3 aliphatic heterocycles. The molecule has 0 saturated carbocycles. The Morgan fingerprint density at radius 2 is 1.74 bits per heavy atom. The molecule has 1 fully saturated rings. The van der Waals surface area contributed by atoms with Crippen molar-refractivity contribution in [2.75, 3.05) is 29.9 Å². The second-order valence-electron chi connectivity index (χ2n) is 13.5. The summed E-state index contributed by atoms with van der Waals surface area (Å²) < 4.78 is 0. The van der Waals surface area contributed by atoms with Crippen molar-refractivity contribution < 1.29 is 24.0 Å². The van der Waals surface area contributed by atoms with Crippen molar-refractivity contribution >= 4 is 80.5 Å². The summed E-state index contributed by atoms with van der Waals surface area (Å²) in [4.78, 5) is 71.9. The van der Waals surface area contributed by atoms with E-state index < -0.39 is 18.0 Å². The zero-order valence-electron chi connectivity index (χ0n) is 30.2. The van der Waals surface area contributed by atoms with Crippen LogP contribution in [0.1, 0.15) is 76.5 Å². The molecule has 5 amide bonds. The fourth-order valence-electron chi connectivity index (χ4n) is 6.83. The van der Waals surface area contributed by atoms with Gasteiger partial charge in [0.05, 0.1) is 18.7 Å². The summed E-state index contributed by atoms with van der Waals surface area (Å²) in [6.45, 7) is 6.56. The van der Waals surface area contributed by atoms with Gasteiger partial charge in [0.1, 0.15) is 28.8 Å². The lowest BCUT2D eigenvalue weighted by molar-refractivity contribution is -0.137. The number of unbranched alkanes of at least 4 members (excludes halogenated alkanes) is 1. The number of carbonyl (C=O) groups is 5. The van der Waals surface area contributed by atoms with Gasteiger partial charge in [0.15, 0.2) is 0 Å². The van der Waals surface area contributed by atoms with E-state index in [1.807, 2.05) is 26.0 Å². The van der Waals surface area contributed by atoms with Gasteiger partial charge in [-0.25, -0.2) is 0 Å². The van der Waals surface area contributed by atoms with Crippen molar-refractivity contribution in [1.82, 2.24) is 20.9 Å². The normalized spacial score (nSPS) is 18.0. The SMILES string of the molecule is CC(=N)N1C(=N)C(CC(=O)NCCCCNC(=O)CNc2cccc3c2CN(C2CCC(=O)NC2=O)C3=O)N=C(c2ccc(Cl)cc2)c2c1sc(C)c2C. The molecule has 3 aliphatic rings. The highest BCUT2D eigenvalue weighted by atomic mass is 35.5. The number of piperidine rings is 1. The molecule has 1 saturated heterocycles. The number of aliphatic imine (C=N–C) groups is 1. The lowest BCUT2D eigenvalue weighted by atomic mass is 9.99. The molecule has 54 heavy (non-hydrogen) atoms. The van der Waals surface area contributed by atoms with Gasteiger partial charge >= 0.3 is 0 Å². The predicted molar refractivity (Wildman–Crippen MR) is 209 cm³/mol. The number of nitrogens with one attached hydrogen (secondary N) is 6. The molecule has 3 aromatic rings. The van der Waals surface area contributed by atoms with Gasteiger partial charge in [0.2, 0.25) is 23.6 Å². The molecular weight excluding hydrogens is 730 g/mol. The van der Waals surface area contributed by atoms with E-state index in [2.05, 4.69) is 21.3 Å². The van der Waals surface area contributed by atoms with E-state index in [4.69, 9.17) is 27.4 Å². The Bertz CT molecular complexity index is 2080. The molecular formula is C38H42ClN9O5S. The van der Waals surface area contributed by atoms with Gasteiger partial charge in [-0.2, -0.15) is 0 Å². The predicted octanol–water partition coefficient (Wildman–Crippen LogP) is 4.29. The van der Waals surface area contributed by atoms with Gasteiger partial charge < -0.3 is 20.9 Å². The Morgan fingerprint density at radius 1 is 1.04 bits per heavy atom. The highest BCUT2D eigenvalue weighted by Gasteiger charge is 2.40. The van der Waals surface area contributed by atoms with E-state index in [1.165, 1.54) is 16.2 Å². The zero-order chi connectivity index (χ0) is 38.7. The van der Waals surface area contributed by atoms with Crippen molar-refractivity contribution in [1.29, 1.82) is 10.8 Å². The van der Waals surface area contributed by atoms with Crippen molar-refractivity contribution in [3.63, 3.8) is 0 Å². The monoisotopic (exact) mass is 771 g/mol. The number of halogens is 1. The fourth-order valence-corrected chi connectivity index (χ4v) is 8.18. The van der Waals surface area contributed by atoms with Crippen LogP contribution in [0.15, 0.2) is 47.5 Å². The number of benzene rings is 2. The number of imide groups is 1. The van der Waals surface area contributed by atoms with Crippen molar-refractivity contribution in [3.05, 3.63) is 80.2 Å². The topological polar surface area (TPSA) is 200 Å². The number of amidine groups is 2. The molecule has 0 aliphatic carbocycles. The molecule has 4 heterocycles. The van der Waals surface area contributed by atoms with Gasteiger partial charge in [0, 0.05) is 63.9 Å². The van der Waals surface area contributed by atoms with E-state index in [-0.39, 0.29) is 67.7 Å². The molecule has 2 aromatic carbocycles. The average molecular weight is 772 g/mol. The van der Waals surface area contributed by atoms with E-state index in [9.17, 15) is 24.0 Å². The number of carbonyl (C=O) groups excluding carboxylic acids is 5. The third-order valence-corrected chi connectivity index (χ3v) is 11.2. The van der Waals surface area contributed by atoms with Crippen LogP contribution in [-0.2, 0) is 25.7 Å². The first-order valence-electron chi connectivity index (χ1n) is 17.8. The average Bonchev–Trinajstić information content (AvgIpc) is 3.57. The minimum Gasteiger partial charge on any atom is -0.376 e. The third kappa shape index (κ3) is 8.06. The van der Waals surface area contributed by atoms with Crippen LogP contribution in [0.5, 0.6) is 0 Å². The van der Waals surface area contributed by atoms with E-state index >= 15 is 0 Å². The fraction of sp³-hybridized carbons (Fsp3) is 0.368. The number of rotatable bonds is 12. The van der Waals surface area contributed by atoms with Crippen molar-refractivity contribution in [3.8, 4) is 0 Å². The molecule has 6 rings (SSSR count). The number of nitrogens with zero attached hydrogens (tertiary/aromatic N) is 3. The van der Waals surface area contributed by atoms with E-state index in [0.29, 0.717) is 53.5 Å². The Labute approximate surface area is 321 Å². The maximum absolute atomic E-state index is 13.2. The van der Waals surface area contributed by atoms with Crippen LogP contribution in [0.25, 0.3) is 0 Å². The summed E-state index contributed by atoms with van der Waals surface area (Å²) in [5.74, 6) is -1.41. The van der Waals surface area contributed by atoms with Gasteiger partial charge in [-0.1, -0.05) is 29.8 Å². The van der Waals surface area contributed by atoms with Crippen LogP contribution in [0.4, 0.5) is 10.7 Å². The van der Waals surface area contributed by atoms with Gasteiger partial charge in [-0.15, -0.1) is 11.3 Å². The van der Waals surface area contributed by atoms with Gasteiger partial charge in [0.25, 0.3) is 5.91 Å². The molecule has 2 unspecified atom stereocenters. The van der Waals surface area contributed by atoms with Crippen molar-refractivity contribution in [2.24, 2.45) is 4.99 Å². The minimum absolute atomic E-state index is 0.0242. The van der Waals surface area contributed by atoms with Crippen molar-refractivity contribution in [2.45, 2.75) is 71.5 Å². The Kier molecular flexibility index (Phi) is 11.6. The number of anilines is 2. The lowest BCUT2D eigenvalue weighted by Crippen LogP contribution is -2.52. The van der Waals surface area contributed by atoms with Crippen LogP contribution >= 0.6 is 22.9 Å². The number of fused-ring (bicyclic) bond motifs is 2. The second kappa shape index (κ2) is 16.3. The van der Waals surface area contributed by atoms with Crippen LogP contribution in [0.2, 0.25) is 5.02 Å². The maximum Gasteiger partial charge on any atom is 0.255 e. The largest absolute Gasteiger partial charge is 0.376 e. The minimum atomic E-state index is -0.827. The number of amides is 5. The Balaban J connectivity index is 0.981. The van der Waals surface area contributed by atoms with Crippen LogP contribution in [-0.4, -0.2) is 83.5 Å². The van der Waals surface area contributed by atoms with Crippen LogP contribution in [0.3, 0.4) is 0 Å². The van der Waals surface area contributed by atoms with E-state index in [1.54, 1.807) is 42.2 Å². The van der Waals surface area contributed by atoms with Crippen LogP contribution in [0, 0.1) is 24.7 Å². The number of aryl methyl sites for hydroxylation is 1. The summed E-state index contributed by atoms with van der Waals surface area (Å²) in [7, 11) is 0. The Hall–Kier alpha value is -5.41. The summed E-state index contributed by atoms with van der Waals surface area (Å²) in [5, 5.41) is 30.1. The highest BCUT2D eigenvalue weighted by Crippen LogP contribution is 2.40. The number of hydrogen-bond acceptors (Lipinski definition) is 10. The first kappa shape index (κ1) is 38.3. The maximum atomic E-state index is 13.2. The Morgan fingerprint density at radius 3 is 2.43 bits per heavy atom. The molecule has 14 nitrogen and oxygen atoms in total. The van der Waals surface area contributed by atoms with Gasteiger partial charge in [-0.05, 0) is 69.9 Å². The molecule has 0 spiro atoms.